The molecule has 0 bridgehead atoms. The Morgan fingerprint density at radius 3 is 2.62 bits per heavy atom. The second-order valence-electron chi connectivity index (χ2n) is 6.20. The lowest BCUT2D eigenvalue weighted by atomic mass is 10.2. The van der Waals surface area contributed by atoms with Gasteiger partial charge in [0, 0.05) is 0 Å². The summed E-state index contributed by atoms with van der Waals surface area (Å²) in [7, 11) is 0. The van der Waals surface area contributed by atoms with Gasteiger partial charge in [0.05, 0.1) is 29.2 Å². The number of hydrogen-bond donors (Lipinski definition) is 1. The second kappa shape index (κ2) is 8.15. The number of ether oxygens (including phenoxy) is 1. The molecule has 0 amide bonds. The summed E-state index contributed by atoms with van der Waals surface area (Å²) in [5.41, 5.74) is 1.35. The maximum absolute atomic E-state index is 13.3. The van der Waals surface area contributed by atoms with Gasteiger partial charge in [-0.2, -0.15) is 0 Å². The number of para-hydroxylation sites is 3. The van der Waals surface area contributed by atoms with Crippen molar-refractivity contribution in [3.63, 3.8) is 0 Å². The molecule has 0 spiro atoms. The van der Waals surface area contributed by atoms with Crippen molar-refractivity contribution in [1.82, 2.24) is 14.9 Å². The maximum atomic E-state index is 13.3. The van der Waals surface area contributed by atoms with Gasteiger partial charge in [0.2, 0.25) is 0 Å². The van der Waals surface area contributed by atoms with Gasteiger partial charge in [-0.1, -0.05) is 31.2 Å². The Hall–Kier alpha value is -2.66. The summed E-state index contributed by atoms with van der Waals surface area (Å²) in [4.78, 5) is 18.1. The van der Waals surface area contributed by atoms with Crippen LogP contribution in [0.5, 0.6) is 5.75 Å². The zero-order chi connectivity index (χ0) is 18.5. The van der Waals surface area contributed by atoms with Gasteiger partial charge < -0.3 is 10.1 Å². The second-order valence-corrected chi connectivity index (χ2v) is 6.20. The number of nitrogens with one attached hydrogen (secondary N) is 1. The van der Waals surface area contributed by atoms with Gasteiger partial charge in [-0.25, -0.2) is 4.98 Å². The van der Waals surface area contributed by atoms with E-state index in [0.29, 0.717) is 29.1 Å². The van der Waals surface area contributed by atoms with Crippen molar-refractivity contribution in [2.24, 2.45) is 0 Å². The quantitative estimate of drug-likeness (QED) is 0.702. The van der Waals surface area contributed by atoms with E-state index in [2.05, 4.69) is 12.2 Å². The minimum absolute atomic E-state index is 0.0676. The molecule has 0 saturated heterocycles. The van der Waals surface area contributed by atoms with Crippen LogP contribution in [-0.4, -0.2) is 22.7 Å². The maximum Gasteiger partial charge on any atom is 0.266 e. The van der Waals surface area contributed by atoms with Crippen LogP contribution in [-0.2, 0) is 0 Å². The van der Waals surface area contributed by atoms with Crippen molar-refractivity contribution in [3.8, 4) is 11.4 Å². The minimum atomic E-state index is -0.0806. The highest BCUT2D eigenvalue weighted by Gasteiger charge is 2.19. The van der Waals surface area contributed by atoms with Crippen LogP contribution >= 0.6 is 0 Å². The van der Waals surface area contributed by atoms with E-state index in [4.69, 9.17) is 9.72 Å². The molecule has 0 fully saturated rings. The van der Waals surface area contributed by atoms with Gasteiger partial charge in [-0.15, -0.1) is 0 Å². The molecule has 0 saturated carbocycles. The van der Waals surface area contributed by atoms with Gasteiger partial charge in [0.25, 0.3) is 5.56 Å². The van der Waals surface area contributed by atoms with E-state index >= 15 is 0 Å². The molecule has 0 aliphatic carbocycles. The molecule has 26 heavy (non-hydrogen) atoms. The Kier molecular flexibility index (Phi) is 5.68. The van der Waals surface area contributed by atoms with Gasteiger partial charge in [0.15, 0.2) is 0 Å². The number of rotatable bonds is 7. The molecule has 1 atom stereocenters. The van der Waals surface area contributed by atoms with Crippen LogP contribution in [0.3, 0.4) is 0 Å². The zero-order valence-electron chi connectivity index (χ0n) is 15.5. The molecule has 2 aromatic carbocycles. The van der Waals surface area contributed by atoms with E-state index in [1.165, 1.54) is 0 Å². The lowest BCUT2D eigenvalue weighted by molar-refractivity contribution is 0.338. The number of fused-ring (bicyclic) bond motifs is 1. The SMILES string of the molecule is CCCN[C@@H](C)c1nc2ccccc2c(=O)n1-c1ccccc1OCC. The van der Waals surface area contributed by atoms with Gasteiger partial charge in [0.1, 0.15) is 11.6 Å². The summed E-state index contributed by atoms with van der Waals surface area (Å²) in [6.45, 7) is 7.48. The molecule has 3 aromatic rings. The minimum Gasteiger partial charge on any atom is -0.492 e. The summed E-state index contributed by atoms with van der Waals surface area (Å²) in [5, 5.41) is 4.04. The predicted molar refractivity (Wildman–Crippen MR) is 105 cm³/mol. The lowest BCUT2D eigenvalue weighted by Crippen LogP contribution is -2.30. The van der Waals surface area contributed by atoms with Crippen LogP contribution in [0.1, 0.15) is 39.1 Å². The molecular formula is C21H25N3O2. The Balaban J connectivity index is 2.28. The zero-order valence-corrected chi connectivity index (χ0v) is 15.5. The van der Waals surface area contributed by atoms with Crippen molar-refractivity contribution in [2.45, 2.75) is 33.2 Å². The van der Waals surface area contributed by atoms with Crippen molar-refractivity contribution < 1.29 is 4.74 Å². The van der Waals surface area contributed by atoms with E-state index in [-0.39, 0.29) is 11.6 Å². The highest BCUT2D eigenvalue weighted by molar-refractivity contribution is 5.78. The highest BCUT2D eigenvalue weighted by atomic mass is 16.5. The molecule has 136 valence electrons. The third-order valence-corrected chi connectivity index (χ3v) is 4.30. The van der Waals surface area contributed by atoms with E-state index < -0.39 is 0 Å². The first kappa shape index (κ1) is 18.1. The Morgan fingerprint density at radius 2 is 1.85 bits per heavy atom. The van der Waals surface area contributed by atoms with Crippen molar-refractivity contribution in [3.05, 3.63) is 64.7 Å². The molecule has 0 radical (unpaired) electrons. The summed E-state index contributed by atoms with van der Waals surface area (Å²) in [6, 6.07) is 15.0. The van der Waals surface area contributed by atoms with Crippen molar-refractivity contribution in [2.75, 3.05) is 13.2 Å². The van der Waals surface area contributed by atoms with Gasteiger partial charge in [-0.05, 0) is 51.1 Å². The third kappa shape index (κ3) is 3.48. The third-order valence-electron chi connectivity index (χ3n) is 4.30. The number of benzene rings is 2. The summed E-state index contributed by atoms with van der Waals surface area (Å²) in [5.74, 6) is 1.37. The van der Waals surface area contributed by atoms with Crippen LogP contribution in [0, 0.1) is 0 Å². The fourth-order valence-electron chi connectivity index (χ4n) is 3.04. The standard InChI is InChI=1S/C21H25N3O2/c1-4-14-22-15(3)20-23-17-11-7-6-10-16(17)21(25)24(20)18-12-8-9-13-19(18)26-5-2/h6-13,15,22H,4-5,14H2,1-3H3/t15-/m0/s1. The predicted octanol–water partition coefficient (Wildman–Crippen LogP) is 3.85. The molecular weight excluding hydrogens is 326 g/mol. The van der Waals surface area contributed by atoms with E-state index in [9.17, 15) is 4.79 Å². The average Bonchev–Trinajstić information content (AvgIpc) is 2.67. The average molecular weight is 351 g/mol. The Labute approximate surface area is 153 Å². The molecule has 1 N–H and O–H groups in total. The molecule has 5 heteroatoms. The molecule has 0 aliphatic rings. The summed E-state index contributed by atoms with van der Waals surface area (Å²) in [6.07, 6.45) is 1.01. The Bertz CT molecular complexity index is 949. The summed E-state index contributed by atoms with van der Waals surface area (Å²) < 4.78 is 7.45. The van der Waals surface area contributed by atoms with E-state index in [0.717, 1.165) is 18.7 Å². The lowest BCUT2D eigenvalue weighted by Gasteiger charge is -2.21. The van der Waals surface area contributed by atoms with E-state index in [1.807, 2.05) is 62.4 Å². The van der Waals surface area contributed by atoms with Crippen LogP contribution in [0.25, 0.3) is 16.6 Å². The number of hydrogen-bond acceptors (Lipinski definition) is 4. The number of nitrogens with zero attached hydrogens (tertiary/aromatic N) is 2. The summed E-state index contributed by atoms with van der Waals surface area (Å²) >= 11 is 0. The van der Waals surface area contributed by atoms with Crippen LogP contribution in [0.2, 0.25) is 0 Å². The monoisotopic (exact) mass is 351 g/mol. The fraction of sp³-hybridized carbons (Fsp3) is 0.333. The molecule has 1 heterocycles. The van der Waals surface area contributed by atoms with Crippen LogP contribution in [0.4, 0.5) is 0 Å². The van der Waals surface area contributed by atoms with Crippen molar-refractivity contribution >= 4 is 10.9 Å². The Morgan fingerprint density at radius 1 is 1.12 bits per heavy atom. The van der Waals surface area contributed by atoms with Crippen molar-refractivity contribution in [1.29, 1.82) is 0 Å². The van der Waals surface area contributed by atoms with Gasteiger partial charge in [-0.3, -0.25) is 9.36 Å². The largest absolute Gasteiger partial charge is 0.492 e. The molecule has 5 nitrogen and oxygen atoms in total. The smallest absolute Gasteiger partial charge is 0.266 e. The number of aromatic nitrogens is 2. The first-order valence-electron chi connectivity index (χ1n) is 9.14. The molecule has 0 unspecified atom stereocenters. The topological polar surface area (TPSA) is 56.2 Å². The van der Waals surface area contributed by atoms with Crippen LogP contribution in [0.15, 0.2) is 53.3 Å². The highest BCUT2D eigenvalue weighted by Crippen LogP contribution is 2.25. The van der Waals surface area contributed by atoms with Crippen LogP contribution < -0.4 is 15.6 Å². The van der Waals surface area contributed by atoms with E-state index in [1.54, 1.807) is 4.57 Å². The normalized spacial score (nSPS) is 12.3. The fourth-order valence-corrected chi connectivity index (χ4v) is 3.04. The first-order chi connectivity index (χ1) is 12.7. The first-order valence-corrected chi connectivity index (χ1v) is 9.14. The van der Waals surface area contributed by atoms with Gasteiger partial charge >= 0.3 is 0 Å². The molecule has 3 rings (SSSR count). The molecule has 1 aromatic heterocycles. The molecule has 0 aliphatic heterocycles.